The van der Waals surface area contributed by atoms with Gasteiger partial charge in [-0.15, -0.1) is 0 Å². The van der Waals surface area contributed by atoms with Crippen LogP contribution in [0.25, 0.3) is 0 Å². The Labute approximate surface area is 112 Å². The Morgan fingerprint density at radius 2 is 1.95 bits per heavy atom. The van der Waals surface area contributed by atoms with E-state index in [-0.39, 0.29) is 18.6 Å². The van der Waals surface area contributed by atoms with Crippen LogP contribution in [0.5, 0.6) is 0 Å². The molecule has 1 aliphatic heterocycles. The number of amides is 3. The highest BCUT2D eigenvalue weighted by molar-refractivity contribution is 6.07. The second kappa shape index (κ2) is 5.40. The summed E-state index contributed by atoms with van der Waals surface area (Å²) in [6, 6.07) is 8.66. The van der Waals surface area contributed by atoms with E-state index in [9.17, 15) is 9.59 Å². The van der Waals surface area contributed by atoms with Gasteiger partial charge in [0.15, 0.2) is 5.54 Å². The molecule has 19 heavy (non-hydrogen) atoms. The third kappa shape index (κ3) is 2.61. The molecular formula is C14H18N2O3. The first-order chi connectivity index (χ1) is 9.08. The van der Waals surface area contributed by atoms with Crippen LogP contribution in [-0.2, 0) is 15.1 Å². The monoisotopic (exact) mass is 262 g/mol. The van der Waals surface area contributed by atoms with Crippen molar-refractivity contribution < 1.29 is 14.3 Å². The van der Waals surface area contributed by atoms with E-state index in [4.69, 9.17) is 4.74 Å². The van der Waals surface area contributed by atoms with Gasteiger partial charge in [0.2, 0.25) is 0 Å². The van der Waals surface area contributed by atoms with E-state index in [1.165, 1.54) is 0 Å². The predicted octanol–water partition coefficient (Wildman–Crippen LogP) is 1.54. The summed E-state index contributed by atoms with van der Waals surface area (Å²) in [5.74, 6) is -0.369. The zero-order valence-corrected chi connectivity index (χ0v) is 11.1. The van der Waals surface area contributed by atoms with Gasteiger partial charge in [-0.2, -0.15) is 0 Å². The highest BCUT2D eigenvalue weighted by Crippen LogP contribution is 2.26. The Kier molecular flexibility index (Phi) is 3.85. The largest absolute Gasteiger partial charge is 0.375 e. The molecule has 1 aliphatic rings. The van der Waals surface area contributed by atoms with Crippen molar-refractivity contribution in [1.82, 2.24) is 10.6 Å². The minimum Gasteiger partial charge on any atom is -0.375 e. The van der Waals surface area contributed by atoms with Gasteiger partial charge in [-0.05, 0) is 18.9 Å². The Hall–Kier alpha value is -1.88. The Morgan fingerprint density at radius 1 is 1.26 bits per heavy atom. The van der Waals surface area contributed by atoms with Crippen molar-refractivity contribution in [2.24, 2.45) is 0 Å². The van der Waals surface area contributed by atoms with Gasteiger partial charge in [-0.3, -0.25) is 10.1 Å². The third-order valence-electron chi connectivity index (χ3n) is 3.37. The van der Waals surface area contributed by atoms with Crippen LogP contribution >= 0.6 is 0 Å². The maximum atomic E-state index is 12.1. The van der Waals surface area contributed by atoms with Gasteiger partial charge < -0.3 is 10.1 Å². The molecule has 5 heteroatoms. The van der Waals surface area contributed by atoms with Gasteiger partial charge in [-0.1, -0.05) is 37.3 Å². The van der Waals surface area contributed by atoms with Crippen molar-refractivity contribution >= 4 is 11.9 Å². The molecule has 1 saturated heterocycles. The van der Waals surface area contributed by atoms with Gasteiger partial charge in [-0.25, -0.2) is 4.79 Å². The summed E-state index contributed by atoms with van der Waals surface area (Å²) >= 11 is 0. The number of rotatable bonds is 5. The lowest BCUT2D eigenvalue weighted by Gasteiger charge is -2.27. The van der Waals surface area contributed by atoms with Gasteiger partial charge in [0.05, 0.1) is 12.7 Å². The number of ether oxygens (including phenoxy) is 1. The highest BCUT2D eigenvalue weighted by atomic mass is 16.5. The van der Waals surface area contributed by atoms with E-state index >= 15 is 0 Å². The number of nitrogens with one attached hydrogen (secondary N) is 2. The fraction of sp³-hybridized carbons (Fsp3) is 0.429. The topological polar surface area (TPSA) is 67.4 Å². The molecule has 0 radical (unpaired) electrons. The van der Waals surface area contributed by atoms with Crippen LogP contribution in [0.1, 0.15) is 25.8 Å². The number of imide groups is 1. The molecule has 0 spiro atoms. The van der Waals surface area contributed by atoms with E-state index in [1.807, 2.05) is 44.2 Å². The zero-order valence-electron chi connectivity index (χ0n) is 11.1. The van der Waals surface area contributed by atoms with Crippen LogP contribution in [0.15, 0.2) is 30.3 Å². The number of hydrogen-bond acceptors (Lipinski definition) is 3. The second-order valence-corrected chi connectivity index (χ2v) is 4.71. The number of benzene rings is 1. The summed E-state index contributed by atoms with van der Waals surface area (Å²) in [7, 11) is 0. The van der Waals surface area contributed by atoms with E-state index in [1.54, 1.807) is 0 Å². The van der Waals surface area contributed by atoms with E-state index < -0.39 is 11.6 Å². The first kappa shape index (κ1) is 13.5. The van der Waals surface area contributed by atoms with Crippen molar-refractivity contribution in [2.45, 2.75) is 31.9 Å². The van der Waals surface area contributed by atoms with Crippen molar-refractivity contribution in [3.8, 4) is 0 Å². The minimum absolute atomic E-state index is 0.0332. The molecule has 102 valence electrons. The van der Waals surface area contributed by atoms with Crippen molar-refractivity contribution in [3.05, 3.63) is 35.9 Å². The normalized spacial score (nSPS) is 23.9. The number of carbonyl (C=O) groups is 2. The number of urea groups is 1. The fourth-order valence-corrected chi connectivity index (χ4v) is 1.99. The number of hydrogen-bond donors (Lipinski definition) is 2. The van der Waals surface area contributed by atoms with Crippen LogP contribution < -0.4 is 10.6 Å². The molecule has 1 aromatic rings. The lowest BCUT2D eigenvalue weighted by atomic mass is 9.91. The molecule has 3 amide bonds. The fourth-order valence-electron chi connectivity index (χ4n) is 1.99. The third-order valence-corrected chi connectivity index (χ3v) is 3.37. The van der Waals surface area contributed by atoms with E-state index in [2.05, 4.69) is 10.6 Å². The minimum atomic E-state index is -1.12. The van der Waals surface area contributed by atoms with Gasteiger partial charge in [0.1, 0.15) is 0 Å². The molecule has 5 nitrogen and oxygen atoms in total. The number of carbonyl (C=O) groups excluding carboxylic acids is 2. The van der Waals surface area contributed by atoms with E-state index in [0.29, 0.717) is 0 Å². The molecule has 0 aromatic heterocycles. The molecule has 1 aromatic carbocycles. The predicted molar refractivity (Wildman–Crippen MR) is 70.5 cm³/mol. The highest BCUT2D eigenvalue weighted by Gasteiger charge is 2.48. The SMILES string of the molecule is CCC(C)OCC1(c2ccccc2)NC(=O)NC1=O. The maximum absolute atomic E-state index is 12.1. The summed E-state index contributed by atoms with van der Waals surface area (Å²) in [5, 5.41) is 4.97. The molecule has 0 aliphatic carbocycles. The molecule has 2 rings (SSSR count). The molecule has 1 fully saturated rings. The molecule has 2 N–H and O–H groups in total. The molecule has 2 atom stereocenters. The quantitative estimate of drug-likeness (QED) is 0.791. The molecule has 0 bridgehead atoms. The van der Waals surface area contributed by atoms with Crippen LogP contribution in [0.2, 0.25) is 0 Å². The van der Waals surface area contributed by atoms with Crippen molar-refractivity contribution in [1.29, 1.82) is 0 Å². The summed E-state index contributed by atoms with van der Waals surface area (Å²) in [5.41, 5.74) is -0.399. The molecule has 1 heterocycles. The Balaban J connectivity index is 2.29. The van der Waals surface area contributed by atoms with Crippen LogP contribution in [0.4, 0.5) is 4.79 Å². The standard InChI is InChI=1S/C14H18N2O3/c1-3-10(2)19-9-14(11-7-5-4-6-8-11)12(17)15-13(18)16-14/h4-8,10H,3,9H2,1-2H3,(H2,15,16,17,18). The maximum Gasteiger partial charge on any atom is 0.322 e. The van der Waals surface area contributed by atoms with Crippen LogP contribution in [0, 0.1) is 0 Å². The van der Waals surface area contributed by atoms with Gasteiger partial charge in [0, 0.05) is 0 Å². The summed E-state index contributed by atoms with van der Waals surface area (Å²) < 4.78 is 5.68. The lowest BCUT2D eigenvalue weighted by Crippen LogP contribution is -2.48. The Bertz CT molecular complexity index is 475. The van der Waals surface area contributed by atoms with Crippen LogP contribution in [0.3, 0.4) is 0 Å². The van der Waals surface area contributed by atoms with Gasteiger partial charge >= 0.3 is 6.03 Å². The first-order valence-corrected chi connectivity index (χ1v) is 6.39. The molecule has 2 unspecified atom stereocenters. The first-order valence-electron chi connectivity index (χ1n) is 6.39. The van der Waals surface area contributed by atoms with Crippen molar-refractivity contribution in [2.75, 3.05) is 6.61 Å². The van der Waals surface area contributed by atoms with E-state index in [0.717, 1.165) is 12.0 Å². The summed E-state index contributed by atoms with van der Waals surface area (Å²) in [4.78, 5) is 23.6. The summed E-state index contributed by atoms with van der Waals surface area (Å²) in [6.07, 6.45) is 0.881. The molecular weight excluding hydrogens is 244 g/mol. The lowest BCUT2D eigenvalue weighted by molar-refractivity contribution is -0.127. The smallest absolute Gasteiger partial charge is 0.322 e. The molecule has 0 saturated carbocycles. The van der Waals surface area contributed by atoms with Gasteiger partial charge in [0.25, 0.3) is 5.91 Å². The zero-order chi connectivity index (χ0) is 13.9. The van der Waals surface area contributed by atoms with Crippen LogP contribution in [-0.4, -0.2) is 24.6 Å². The average molecular weight is 262 g/mol. The van der Waals surface area contributed by atoms with Crippen molar-refractivity contribution in [3.63, 3.8) is 0 Å². The Morgan fingerprint density at radius 3 is 2.47 bits per heavy atom. The summed E-state index contributed by atoms with van der Waals surface area (Å²) in [6.45, 7) is 4.07. The average Bonchev–Trinajstić information content (AvgIpc) is 2.72. The second-order valence-electron chi connectivity index (χ2n) is 4.71.